The number of nitrogens with one attached hydrogen (secondary N) is 1. The zero-order valence-corrected chi connectivity index (χ0v) is 12.9. The fraction of sp³-hybridized carbons (Fsp3) is 0.294. The minimum atomic E-state index is 0.00963. The molecule has 4 rings (SSSR count). The molecule has 1 aliphatic heterocycles. The summed E-state index contributed by atoms with van der Waals surface area (Å²) in [5.74, 6) is 0.885. The highest BCUT2D eigenvalue weighted by atomic mass is 16.2. The van der Waals surface area contributed by atoms with Gasteiger partial charge in [-0.05, 0) is 38.0 Å². The predicted octanol–water partition coefficient (Wildman–Crippen LogP) is 2.64. The Hall–Kier alpha value is -2.76. The lowest BCUT2D eigenvalue weighted by Gasteiger charge is -2.24. The van der Waals surface area contributed by atoms with Crippen LogP contribution in [0.1, 0.15) is 40.8 Å². The van der Waals surface area contributed by atoms with Crippen LogP contribution in [0, 0.1) is 6.92 Å². The Morgan fingerprint density at radius 1 is 1.35 bits per heavy atom. The summed E-state index contributed by atoms with van der Waals surface area (Å²) in [5, 5.41) is 0. The minimum Gasteiger partial charge on any atom is -0.342 e. The Labute approximate surface area is 133 Å². The number of imidazole rings is 1. The Morgan fingerprint density at radius 2 is 2.26 bits per heavy atom. The number of aromatic nitrogens is 4. The third kappa shape index (κ3) is 2.46. The molecule has 0 saturated carbocycles. The highest BCUT2D eigenvalue weighted by Gasteiger charge is 2.31. The Morgan fingerprint density at radius 3 is 3.09 bits per heavy atom. The molecule has 1 atom stereocenters. The molecule has 0 unspecified atom stereocenters. The molecule has 2 aromatic heterocycles. The second-order valence-corrected chi connectivity index (χ2v) is 5.84. The molecule has 1 aromatic carbocycles. The van der Waals surface area contributed by atoms with Crippen molar-refractivity contribution in [2.24, 2.45) is 0 Å². The molecule has 1 aliphatic rings. The zero-order chi connectivity index (χ0) is 15.8. The highest BCUT2D eigenvalue weighted by molar-refractivity contribution is 5.97. The number of aromatic amines is 1. The van der Waals surface area contributed by atoms with Gasteiger partial charge in [-0.25, -0.2) is 4.98 Å². The summed E-state index contributed by atoms with van der Waals surface area (Å²) in [6, 6.07) is 5.62. The topological polar surface area (TPSA) is 74.8 Å². The molecule has 6 nitrogen and oxygen atoms in total. The first-order valence-corrected chi connectivity index (χ1v) is 7.75. The number of hydrogen-bond donors (Lipinski definition) is 1. The van der Waals surface area contributed by atoms with Crippen LogP contribution in [0.3, 0.4) is 0 Å². The molecule has 0 radical (unpaired) electrons. The molecular formula is C17H17N5O. The van der Waals surface area contributed by atoms with Crippen LogP contribution in [-0.4, -0.2) is 37.3 Å². The van der Waals surface area contributed by atoms with Gasteiger partial charge in [-0.1, -0.05) is 0 Å². The third-order valence-electron chi connectivity index (χ3n) is 4.29. The lowest BCUT2D eigenvalue weighted by Crippen LogP contribution is -2.31. The van der Waals surface area contributed by atoms with E-state index in [2.05, 4.69) is 19.9 Å². The molecular weight excluding hydrogens is 290 g/mol. The number of hydrogen-bond acceptors (Lipinski definition) is 4. The van der Waals surface area contributed by atoms with Crippen LogP contribution in [0.15, 0.2) is 36.8 Å². The molecule has 0 bridgehead atoms. The maximum Gasteiger partial charge on any atom is 0.254 e. The Kier molecular flexibility index (Phi) is 3.29. The van der Waals surface area contributed by atoms with E-state index in [0.29, 0.717) is 5.56 Å². The van der Waals surface area contributed by atoms with E-state index < -0.39 is 0 Å². The fourth-order valence-electron chi connectivity index (χ4n) is 3.24. The SMILES string of the molecule is Cc1nc2ccc(C(=O)N3CCC[C@H]3c3cnccn3)cc2[nH]1. The molecule has 1 amide bonds. The molecule has 1 fully saturated rings. The van der Waals surface area contributed by atoms with Crippen LogP contribution in [0.4, 0.5) is 0 Å². The maximum atomic E-state index is 12.9. The van der Waals surface area contributed by atoms with Gasteiger partial charge in [-0.2, -0.15) is 0 Å². The summed E-state index contributed by atoms with van der Waals surface area (Å²) < 4.78 is 0. The zero-order valence-electron chi connectivity index (χ0n) is 12.9. The molecule has 23 heavy (non-hydrogen) atoms. The van der Waals surface area contributed by atoms with Gasteiger partial charge in [-0.15, -0.1) is 0 Å². The summed E-state index contributed by atoms with van der Waals surface area (Å²) in [7, 11) is 0. The van der Waals surface area contributed by atoms with E-state index in [1.807, 2.05) is 30.0 Å². The first-order valence-electron chi connectivity index (χ1n) is 7.75. The van der Waals surface area contributed by atoms with Gasteiger partial charge in [0.1, 0.15) is 5.82 Å². The van der Waals surface area contributed by atoms with Crippen LogP contribution in [0.2, 0.25) is 0 Å². The van der Waals surface area contributed by atoms with Crippen LogP contribution < -0.4 is 0 Å². The van der Waals surface area contributed by atoms with Gasteiger partial charge in [-0.3, -0.25) is 14.8 Å². The Balaban J connectivity index is 1.66. The van der Waals surface area contributed by atoms with Crippen molar-refractivity contribution in [3.8, 4) is 0 Å². The summed E-state index contributed by atoms with van der Waals surface area (Å²) in [5.41, 5.74) is 3.31. The highest BCUT2D eigenvalue weighted by Crippen LogP contribution is 2.31. The smallest absolute Gasteiger partial charge is 0.254 e. The summed E-state index contributed by atoms with van der Waals surface area (Å²) in [4.78, 5) is 30.9. The summed E-state index contributed by atoms with van der Waals surface area (Å²) in [6.07, 6.45) is 6.99. The van der Waals surface area contributed by atoms with E-state index in [-0.39, 0.29) is 11.9 Å². The van der Waals surface area contributed by atoms with Crippen molar-refractivity contribution < 1.29 is 4.79 Å². The molecule has 3 aromatic rings. The average molecular weight is 307 g/mol. The second kappa shape index (κ2) is 5.46. The van der Waals surface area contributed by atoms with Crippen molar-refractivity contribution in [1.82, 2.24) is 24.8 Å². The lowest BCUT2D eigenvalue weighted by molar-refractivity contribution is 0.0733. The van der Waals surface area contributed by atoms with E-state index in [1.54, 1.807) is 18.6 Å². The summed E-state index contributed by atoms with van der Waals surface area (Å²) in [6.45, 7) is 2.66. The molecule has 0 spiro atoms. The number of fused-ring (bicyclic) bond motifs is 1. The van der Waals surface area contributed by atoms with E-state index in [1.165, 1.54) is 0 Å². The van der Waals surface area contributed by atoms with E-state index in [9.17, 15) is 4.79 Å². The molecule has 0 aliphatic carbocycles. The van der Waals surface area contributed by atoms with E-state index in [4.69, 9.17) is 0 Å². The first-order chi connectivity index (χ1) is 11.2. The van der Waals surface area contributed by atoms with Gasteiger partial charge in [0.15, 0.2) is 0 Å². The molecule has 116 valence electrons. The number of aryl methyl sites for hydroxylation is 1. The van der Waals surface area contributed by atoms with Crippen molar-refractivity contribution in [2.45, 2.75) is 25.8 Å². The number of carbonyl (C=O) groups is 1. The average Bonchev–Trinajstić information content (AvgIpc) is 3.19. The normalized spacial score (nSPS) is 17.8. The minimum absolute atomic E-state index is 0.00963. The molecule has 1 N–H and O–H groups in total. The van der Waals surface area contributed by atoms with Gasteiger partial charge in [0.2, 0.25) is 0 Å². The number of H-pyrrole nitrogens is 1. The number of nitrogens with zero attached hydrogens (tertiary/aromatic N) is 4. The standard InChI is InChI=1S/C17H17N5O/c1-11-20-13-5-4-12(9-14(13)21-11)17(23)22-8-2-3-16(22)15-10-18-6-7-19-15/h4-7,9-10,16H,2-3,8H2,1H3,(H,20,21)/t16-/m0/s1. The predicted molar refractivity (Wildman–Crippen MR) is 85.9 cm³/mol. The number of carbonyl (C=O) groups excluding carboxylic acids is 1. The molecule has 6 heteroatoms. The maximum absolute atomic E-state index is 12.9. The lowest BCUT2D eigenvalue weighted by atomic mass is 10.1. The number of amides is 1. The van der Waals surface area contributed by atoms with Crippen LogP contribution in [-0.2, 0) is 0 Å². The van der Waals surface area contributed by atoms with Crippen LogP contribution in [0.25, 0.3) is 11.0 Å². The largest absolute Gasteiger partial charge is 0.342 e. The van der Waals surface area contributed by atoms with Crippen molar-refractivity contribution >= 4 is 16.9 Å². The van der Waals surface area contributed by atoms with Gasteiger partial charge in [0.05, 0.1) is 29.0 Å². The van der Waals surface area contributed by atoms with Gasteiger partial charge in [0, 0.05) is 24.5 Å². The first kappa shape index (κ1) is 13.9. The second-order valence-electron chi connectivity index (χ2n) is 5.84. The summed E-state index contributed by atoms with van der Waals surface area (Å²) >= 11 is 0. The monoisotopic (exact) mass is 307 g/mol. The number of rotatable bonds is 2. The van der Waals surface area contributed by atoms with Crippen LogP contribution >= 0.6 is 0 Å². The van der Waals surface area contributed by atoms with Crippen molar-refractivity contribution in [1.29, 1.82) is 0 Å². The van der Waals surface area contributed by atoms with Gasteiger partial charge >= 0.3 is 0 Å². The van der Waals surface area contributed by atoms with Crippen molar-refractivity contribution in [3.63, 3.8) is 0 Å². The molecule has 3 heterocycles. The van der Waals surface area contributed by atoms with Gasteiger partial charge < -0.3 is 9.88 Å². The fourth-order valence-corrected chi connectivity index (χ4v) is 3.24. The van der Waals surface area contributed by atoms with E-state index in [0.717, 1.165) is 41.9 Å². The van der Waals surface area contributed by atoms with Crippen LogP contribution in [0.5, 0.6) is 0 Å². The molecule has 1 saturated heterocycles. The third-order valence-corrected chi connectivity index (χ3v) is 4.29. The Bertz CT molecular complexity index is 858. The van der Waals surface area contributed by atoms with Crippen molar-refractivity contribution in [3.05, 3.63) is 53.9 Å². The quantitative estimate of drug-likeness (QED) is 0.789. The number of likely N-dealkylation sites (tertiary alicyclic amines) is 1. The van der Waals surface area contributed by atoms with E-state index >= 15 is 0 Å². The van der Waals surface area contributed by atoms with Crippen molar-refractivity contribution in [2.75, 3.05) is 6.54 Å². The number of benzene rings is 1. The van der Waals surface area contributed by atoms with Gasteiger partial charge in [0.25, 0.3) is 5.91 Å².